The molecule has 2 heteroatoms. The summed E-state index contributed by atoms with van der Waals surface area (Å²) in [6, 6.07) is 13.6. The van der Waals surface area contributed by atoms with E-state index in [0.717, 1.165) is 24.8 Å². The number of fused-ring (bicyclic) bond motifs is 1. The highest BCUT2D eigenvalue weighted by molar-refractivity contribution is 6.10. The van der Waals surface area contributed by atoms with Crippen LogP contribution in [0.15, 0.2) is 42.5 Å². The van der Waals surface area contributed by atoms with Crippen molar-refractivity contribution >= 4 is 5.78 Å². The number of benzene rings is 2. The van der Waals surface area contributed by atoms with Crippen LogP contribution < -0.4 is 4.74 Å². The molecular formula is C19H20O2. The van der Waals surface area contributed by atoms with Gasteiger partial charge < -0.3 is 4.74 Å². The maximum absolute atomic E-state index is 12.8. The Balaban J connectivity index is 1.91. The molecule has 1 aliphatic carbocycles. The molecule has 1 aliphatic rings. The van der Waals surface area contributed by atoms with E-state index < -0.39 is 0 Å². The van der Waals surface area contributed by atoms with Gasteiger partial charge in [-0.3, -0.25) is 4.79 Å². The summed E-state index contributed by atoms with van der Waals surface area (Å²) >= 11 is 0. The largest absolute Gasteiger partial charge is 0.493 e. The Morgan fingerprint density at radius 3 is 2.76 bits per heavy atom. The third-order valence-electron chi connectivity index (χ3n) is 3.95. The van der Waals surface area contributed by atoms with Crippen molar-refractivity contribution in [2.75, 3.05) is 6.61 Å². The minimum Gasteiger partial charge on any atom is -0.493 e. The molecular weight excluding hydrogens is 260 g/mol. The van der Waals surface area contributed by atoms with E-state index in [2.05, 4.69) is 19.1 Å². The maximum atomic E-state index is 12.8. The van der Waals surface area contributed by atoms with Gasteiger partial charge in [-0.2, -0.15) is 0 Å². The van der Waals surface area contributed by atoms with Gasteiger partial charge in [0.15, 0.2) is 5.78 Å². The predicted octanol–water partition coefficient (Wildman–Crippen LogP) is 4.20. The first-order valence-electron chi connectivity index (χ1n) is 7.68. The molecule has 0 saturated carbocycles. The van der Waals surface area contributed by atoms with Crippen molar-refractivity contribution < 1.29 is 9.53 Å². The Morgan fingerprint density at radius 1 is 1.10 bits per heavy atom. The van der Waals surface area contributed by atoms with E-state index >= 15 is 0 Å². The van der Waals surface area contributed by atoms with Gasteiger partial charge in [-0.05, 0) is 55.0 Å². The summed E-state index contributed by atoms with van der Waals surface area (Å²) in [6.45, 7) is 2.69. The van der Waals surface area contributed by atoms with Crippen LogP contribution in [0.1, 0.15) is 46.8 Å². The van der Waals surface area contributed by atoms with Crippen LogP contribution in [0.3, 0.4) is 0 Å². The van der Waals surface area contributed by atoms with Crippen LogP contribution in [0.5, 0.6) is 5.75 Å². The second-order valence-corrected chi connectivity index (χ2v) is 5.51. The molecule has 2 nitrogen and oxygen atoms in total. The zero-order chi connectivity index (χ0) is 14.7. The second-order valence-electron chi connectivity index (χ2n) is 5.51. The van der Waals surface area contributed by atoms with Crippen LogP contribution in [0.4, 0.5) is 0 Å². The van der Waals surface area contributed by atoms with Crippen LogP contribution in [-0.4, -0.2) is 12.4 Å². The molecule has 0 heterocycles. The molecule has 0 aliphatic heterocycles. The molecule has 21 heavy (non-hydrogen) atoms. The molecule has 0 amide bonds. The van der Waals surface area contributed by atoms with Gasteiger partial charge in [-0.25, -0.2) is 0 Å². The molecule has 0 atom stereocenters. The summed E-state index contributed by atoms with van der Waals surface area (Å²) in [4.78, 5) is 12.8. The van der Waals surface area contributed by atoms with Crippen molar-refractivity contribution in [2.45, 2.75) is 32.6 Å². The first-order chi connectivity index (χ1) is 10.3. The minimum atomic E-state index is 0.0522. The quantitative estimate of drug-likeness (QED) is 0.767. The molecule has 0 saturated heterocycles. The Hall–Kier alpha value is -2.09. The van der Waals surface area contributed by atoms with Crippen LogP contribution in [0.2, 0.25) is 0 Å². The molecule has 3 rings (SSSR count). The Bertz CT molecular complexity index is 658. The fourth-order valence-corrected chi connectivity index (χ4v) is 2.86. The third-order valence-corrected chi connectivity index (χ3v) is 3.95. The Labute approximate surface area is 125 Å². The topological polar surface area (TPSA) is 26.3 Å². The average molecular weight is 280 g/mol. The average Bonchev–Trinajstić information content (AvgIpc) is 3.00. The zero-order valence-corrected chi connectivity index (χ0v) is 12.4. The van der Waals surface area contributed by atoms with Gasteiger partial charge in [0, 0.05) is 5.56 Å². The van der Waals surface area contributed by atoms with Crippen LogP contribution in [0, 0.1) is 0 Å². The Kier molecular flexibility index (Phi) is 4.05. The normalized spacial score (nSPS) is 13.0. The number of ketones is 1. The van der Waals surface area contributed by atoms with Crippen LogP contribution >= 0.6 is 0 Å². The number of hydrogen-bond donors (Lipinski definition) is 0. The van der Waals surface area contributed by atoms with Crippen LogP contribution in [-0.2, 0) is 12.8 Å². The third kappa shape index (κ3) is 2.85. The number of hydrogen-bond acceptors (Lipinski definition) is 2. The lowest BCUT2D eigenvalue weighted by atomic mass is 9.99. The number of rotatable bonds is 5. The van der Waals surface area contributed by atoms with Gasteiger partial charge in [0.25, 0.3) is 0 Å². The van der Waals surface area contributed by atoms with Crippen molar-refractivity contribution in [2.24, 2.45) is 0 Å². The summed E-state index contributed by atoms with van der Waals surface area (Å²) in [7, 11) is 0. The molecule has 0 spiro atoms. The monoisotopic (exact) mass is 280 g/mol. The number of aryl methyl sites for hydroxylation is 2. The SMILES string of the molecule is CCCOc1ccccc1C(=O)c1ccc2c(c1)CCC2. The molecule has 2 aromatic carbocycles. The predicted molar refractivity (Wildman–Crippen MR) is 84.1 cm³/mol. The second kappa shape index (κ2) is 6.13. The van der Waals surface area contributed by atoms with E-state index in [1.54, 1.807) is 0 Å². The summed E-state index contributed by atoms with van der Waals surface area (Å²) in [5, 5.41) is 0. The van der Waals surface area contributed by atoms with Gasteiger partial charge >= 0.3 is 0 Å². The van der Waals surface area contributed by atoms with E-state index in [9.17, 15) is 4.79 Å². The smallest absolute Gasteiger partial charge is 0.196 e. The fraction of sp³-hybridized carbons (Fsp3) is 0.316. The first-order valence-corrected chi connectivity index (χ1v) is 7.68. The lowest BCUT2D eigenvalue weighted by Gasteiger charge is -2.10. The van der Waals surface area contributed by atoms with Crippen molar-refractivity contribution in [3.63, 3.8) is 0 Å². The van der Waals surface area contributed by atoms with Gasteiger partial charge in [-0.1, -0.05) is 31.2 Å². The number of ether oxygens (including phenoxy) is 1. The summed E-state index contributed by atoms with van der Waals surface area (Å²) in [6.07, 6.45) is 4.36. The Morgan fingerprint density at radius 2 is 1.90 bits per heavy atom. The number of carbonyl (C=O) groups excluding carboxylic acids is 1. The lowest BCUT2D eigenvalue weighted by molar-refractivity contribution is 0.103. The molecule has 0 fully saturated rings. The first kappa shape index (κ1) is 13.9. The van der Waals surface area contributed by atoms with E-state index in [4.69, 9.17) is 4.74 Å². The molecule has 0 aromatic heterocycles. The van der Waals surface area contributed by atoms with Gasteiger partial charge in [-0.15, -0.1) is 0 Å². The van der Waals surface area contributed by atoms with E-state index in [1.807, 2.05) is 30.3 Å². The van der Waals surface area contributed by atoms with Crippen molar-refractivity contribution in [1.82, 2.24) is 0 Å². The molecule has 0 radical (unpaired) electrons. The van der Waals surface area contributed by atoms with Gasteiger partial charge in [0.1, 0.15) is 5.75 Å². The lowest BCUT2D eigenvalue weighted by Crippen LogP contribution is -2.06. The number of carbonyl (C=O) groups is 1. The van der Waals surface area contributed by atoms with Gasteiger partial charge in [0.05, 0.1) is 12.2 Å². The summed E-state index contributed by atoms with van der Waals surface area (Å²) in [5.41, 5.74) is 4.14. The standard InChI is InChI=1S/C19H20O2/c1-2-12-21-18-9-4-3-8-17(18)19(20)16-11-10-14-6-5-7-15(14)13-16/h3-4,8-11,13H,2,5-7,12H2,1H3. The van der Waals surface area contributed by atoms with Crippen molar-refractivity contribution in [3.8, 4) is 5.75 Å². The van der Waals surface area contributed by atoms with Gasteiger partial charge in [0.2, 0.25) is 0 Å². The molecule has 0 unspecified atom stereocenters. The zero-order valence-electron chi connectivity index (χ0n) is 12.4. The minimum absolute atomic E-state index is 0.0522. The highest BCUT2D eigenvalue weighted by atomic mass is 16.5. The highest BCUT2D eigenvalue weighted by Crippen LogP contribution is 2.26. The summed E-state index contributed by atoms with van der Waals surface area (Å²) in [5.74, 6) is 0.737. The maximum Gasteiger partial charge on any atom is 0.196 e. The summed E-state index contributed by atoms with van der Waals surface area (Å²) < 4.78 is 5.70. The highest BCUT2D eigenvalue weighted by Gasteiger charge is 2.17. The van der Waals surface area contributed by atoms with Crippen molar-refractivity contribution in [3.05, 3.63) is 64.7 Å². The molecule has 0 bridgehead atoms. The number of para-hydroxylation sites is 1. The van der Waals surface area contributed by atoms with Crippen LogP contribution in [0.25, 0.3) is 0 Å². The van der Waals surface area contributed by atoms with E-state index in [1.165, 1.54) is 17.5 Å². The van der Waals surface area contributed by atoms with Crippen molar-refractivity contribution in [1.29, 1.82) is 0 Å². The van der Waals surface area contributed by atoms with E-state index in [-0.39, 0.29) is 5.78 Å². The molecule has 108 valence electrons. The van der Waals surface area contributed by atoms with E-state index in [0.29, 0.717) is 17.9 Å². The molecule has 2 aromatic rings. The fourth-order valence-electron chi connectivity index (χ4n) is 2.86. The molecule has 0 N–H and O–H groups in total.